The fraction of sp³-hybridized carbons (Fsp3) is 0.480. The van der Waals surface area contributed by atoms with Crippen molar-refractivity contribution >= 4 is 23.4 Å². The number of anilines is 1. The number of rotatable bonds is 3. The van der Waals surface area contributed by atoms with E-state index in [0.29, 0.717) is 18.2 Å². The first-order chi connectivity index (χ1) is 14.9. The molecule has 0 saturated carbocycles. The normalized spacial score (nSPS) is 22.2. The molecule has 0 aromatic heterocycles. The molecule has 0 radical (unpaired) electrons. The smallest absolute Gasteiger partial charge is 0.415 e. The highest BCUT2D eigenvalue weighted by Crippen LogP contribution is 2.43. The Kier molecular flexibility index (Phi) is 5.14. The van der Waals surface area contributed by atoms with Gasteiger partial charge < -0.3 is 9.47 Å². The van der Waals surface area contributed by atoms with Crippen molar-refractivity contribution in [3.05, 3.63) is 58.6 Å². The van der Waals surface area contributed by atoms with Gasteiger partial charge in [0.25, 0.3) is 0 Å². The Hall–Kier alpha value is -2.24. The molecule has 1 spiro atoms. The molecule has 6 heteroatoms. The average Bonchev–Trinajstić information content (AvgIpc) is 3.07. The lowest BCUT2D eigenvalue weighted by Crippen LogP contribution is -2.46. The summed E-state index contributed by atoms with van der Waals surface area (Å²) in [4.78, 5) is 16.7. The van der Waals surface area contributed by atoms with Crippen LogP contribution in [-0.2, 0) is 16.7 Å². The van der Waals surface area contributed by atoms with Gasteiger partial charge in [-0.25, -0.2) is 4.79 Å². The van der Waals surface area contributed by atoms with Crippen LogP contribution in [0.25, 0.3) is 0 Å². The van der Waals surface area contributed by atoms with E-state index in [1.165, 1.54) is 11.1 Å². The molecule has 2 fully saturated rings. The van der Waals surface area contributed by atoms with Gasteiger partial charge in [0.2, 0.25) is 0 Å². The summed E-state index contributed by atoms with van der Waals surface area (Å²) < 4.78 is 11.8. The molecule has 3 heterocycles. The van der Waals surface area contributed by atoms with E-state index in [1.54, 1.807) is 4.90 Å². The topological polar surface area (TPSA) is 42.0 Å². The number of hydrogen-bond acceptors (Lipinski definition) is 4. The van der Waals surface area contributed by atoms with Crippen LogP contribution in [0.2, 0.25) is 5.02 Å². The van der Waals surface area contributed by atoms with E-state index in [4.69, 9.17) is 21.1 Å². The van der Waals surface area contributed by atoms with Gasteiger partial charge in [-0.05, 0) is 35.6 Å². The van der Waals surface area contributed by atoms with Gasteiger partial charge in [0.15, 0.2) is 0 Å². The monoisotopic (exact) mass is 440 g/mol. The Morgan fingerprint density at radius 3 is 2.55 bits per heavy atom. The molecule has 3 aliphatic rings. The lowest BCUT2D eigenvalue weighted by Gasteiger charge is -2.38. The second kappa shape index (κ2) is 7.72. The Balaban J connectivity index is 1.26. The number of carbonyl (C=O) groups is 1. The summed E-state index contributed by atoms with van der Waals surface area (Å²) in [5, 5.41) is 0.706. The summed E-state index contributed by atoms with van der Waals surface area (Å²) in [5.74, 6) is 0.845. The molecule has 31 heavy (non-hydrogen) atoms. The van der Waals surface area contributed by atoms with Crippen LogP contribution in [-0.4, -0.2) is 42.8 Å². The molecule has 1 amide bonds. The lowest BCUT2D eigenvalue weighted by molar-refractivity contribution is -0.000982. The van der Waals surface area contributed by atoms with Gasteiger partial charge in [-0.3, -0.25) is 9.80 Å². The van der Waals surface area contributed by atoms with Gasteiger partial charge in [-0.15, -0.1) is 0 Å². The largest absolute Gasteiger partial charge is 0.492 e. The maximum atomic E-state index is 12.5. The van der Waals surface area contributed by atoms with Crippen molar-refractivity contribution in [1.82, 2.24) is 4.90 Å². The standard InChI is InChI=1S/C25H29ClN2O3/c1-24(2)10-13-30-22-20(24)14-18(15-21(22)26)16-27-11-8-25(9-12-27)17-28(23(29)31-25)19-6-4-3-5-7-19/h3-7,14-15H,8-13,16-17H2,1-2H3. The number of halogens is 1. The molecule has 0 aliphatic carbocycles. The van der Waals surface area contributed by atoms with E-state index in [2.05, 4.69) is 24.8 Å². The molecule has 2 aromatic rings. The van der Waals surface area contributed by atoms with E-state index < -0.39 is 0 Å². The zero-order valence-corrected chi connectivity index (χ0v) is 19.0. The minimum absolute atomic E-state index is 0.0676. The van der Waals surface area contributed by atoms with Crippen LogP contribution < -0.4 is 9.64 Å². The first kappa shape index (κ1) is 20.7. The summed E-state index contributed by atoms with van der Waals surface area (Å²) >= 11 is 6.57. The molecule has 5 nitrogen and oxygen atoms in total. The van der Waals surface area contributed by atoms with Crippen molar-refractivity contribution in [2.75, 3.05) is 31.1 Å². The van der Waals surface area contributed by atoms with Crippen LogP contribution in [0.15, 0.2) is 42.5 Å². The zero-order valence-electron chi connectivity index (χ0n) is 18.2. The third-order valence-electron chi connectivity index (χ3n) is 7.02. The summed E-state index contributed by atoms with van der Waals surface area (Å²) in [7, 11) is 0. The molecular formula is C25H29ClN2O3. The zero-order chi connectivity index (χ0) is 21.6. The molecule has 0 bridgehead atoms. The molecule has 164 valence electrons. The Bertz CT molecular complexity index is 984. The van der Waals surface area contributed by atoms with Crippen molar-refractivity contribution in [2.24, 2.45) is 0 Å². The van der Waals surface area contributed by atoms with Gasteiger partial charge in [0, 0.05) is 43.7 Å². The average molecular weight is 441 g/mol. The molecule has 0 unspecified atom stereocenters. The number of fused-ring (bicyclic) bond motifs is 1. The van der Waals surface area contributed by atoms with E-state index in [-0.39, 0.29) is 17.1 Å². The van der Waals surface area contributed by atoms with Crippen LogP contribution in [0, 0.1) is 0 Å². The van der Waals surface area contributed by atoms with Gasteiger partial charge >= 0.3 is 6.09 Å². The molecule has 3 aliphatic heterocycles. The molecule has 5 rings (SSSR count). The van der Waals surface area contributed by atoms with Gasteiger partial charge in [-0.2, -0.15) is 0 Å². The number of carbonyl (C=O) groups excluding carboxylic acids is 1. The fourth-order valence-electron chi connectivity index (χ4n) is 5.00. The first-order valence-electron chi connectivity index (χ1n) is 11.1. The third kappa shape index (κ3) is 3.90. The van der Waals surface area contributed by atoms with E-state index in [1.807, 2.05) is 36.4 Å². The van der Waals surface area contributed by atoms with Crippen LogP contribution in [0.4, 0.5) is 10.5 Å². The van der Waals surface area contributed by atoms with E-state index >= 15 is 0 Å². The minimum Gasteiger partial charge on any atom is -0.492 e. The maximum absolute atomic E-state index is 12.5. The lowest BCUT2D eigenvalue weighted by atomic mass is 9.79. The third-order valence-corrected chi connectivity index (χ3v) is 7.30. The van der Waals surface area contributed by atoms with Gasteiger partial charge in [0.05, 0.1) is 18.2 Å². The summed E-state index contributed by atoms with van der Waals surface area (Å²) in [5.41, 5.74) is 3.01. The van der Waals surface area contributed by atoms with Crippen LogP contribution >= 0.6 is 11.6 Å². The van der Waals surface area contributed by atoms with Gasteiger partial charge in [0.1, 0.15) is 11.4 Å². The summed E-state index contributed by atoms with van der Waals surface area (Å²) in [6.07, 6.45) is 2.45. The number of likely N-dealkylation sites (tertiary alicyclic amines) is 1. The van der Waals surface area contributed by atoms with Crippen molar-refractivity contribution in [1.29, 1.82) is 0 Å². The number of para-hydroxylation sites is 1. The maximum Gasteiger partial charge on any atom is 0.415 e. The van der Waals surface area contributed by atoms with Crippen molar-refractivity contribution in [2.45, 2.75) is 50.7 Å². The second-order valence-corrected chi connectivity index (χ2v) is 10.1. The molecule has 2 saturated heterocycles. The number of hydrogen-bond donors (Lipinski definition) is 0. The predicted molar refractivity (Wildman–Crippen MR) is 122 cm³/mol. The number of benzene rings is 2. The van der Waals surface area contributed by atoms with Crippen molar-refractivity contribution < 1.29 is 14.3 Å². The number of amides is 1. The predicted octanol–water partition coefficient (Wildman–Crippen LogP) is 5.39. The minimum atomic E-state index is -0.382. The molecular weight excluding hydrogens is 412 g/mol. The summed E-state index contributed by atoms with van der Waals surface area (Å²) in [6.45, 7) is 8.48. The van der Waals surface area contributed by atoms with Gasteiger partial charge in [-0.1, -0.05) is 49.7 Å². The van der Waals surface area contributed by atoms with Crippen LogP contribution in [0.1, 0.15) is 44.2 Å². The highest BCUT2D eigenvalue weighted by atomic mass is 35.5. The van der Waals surface area contributed by atoms with Crippen LogP contribution in [0.5, 0.6) is 5.75 Å². The summed E-state index contributed by atoms with van der Waals surface area (Å²) in [6, 6.07) is 14.1. The SMILES string of the molecule is CC1(C)CCOc2c(Cl)cc(CN3CCC4(CC3)CN(c3ccccc3)C(=O)O4)cc21. The molecule has 0 N–H and O–H groups in total. The Labute approximate surface area is 188 Å². The van der Waals surface area contributed by atoms with Crippen molar-refractivity contribution in [3.8, 4) is 5.75 Å². The quantitative estimate of drug-likeness (QED) is 0.641. The van der Waals surface area contributed by atoms with E-state index in [9.17, 15) is 4.79 Å². The molecule has 0 atom stereocenters. The van der Waals surface area contributed by atoms with Crippen LogP contribution in [0.3, 0.4) is 0 Å². The molecule has 2 aromatic carbocycles. The highest BCUT2D eigenvalue weighted by Gasteiger charge is 2.47. The number of nitrogens with zero attached hydrogens (tertiary/aromatic N) is 2. The fourth-order valence-corrected chi connectivity index (χ4v) is 5.30. The highest BCUT2D eigenvalue weighted by molar-refractivity contribution is 6.32. The van der Waals surface area contributed by atoms with E-state index in [0.717, 1.165) is 50.3 Å². The van der Waals surface area contributed by atoms with Crippen molar-refractivity contribution in [3.63, 3.8) is 0 Å². The number of ether oxygens (including phenoxy) is 2. The number of piperidine rings is 1. The Morgan fingerprint density at radius 2 is 1.81 bits per heavy atom. The Morgan fingerprint density at radius 1 is 1.06 bits per heavy atom. The first-order valence-corrected chi connectivity index (χ1v) is 11.5. The second-order valence-electron chi connectivity index (χ2n) is 9.69.